The molecule has 98 valence electrons. The Morgan fingerprint density at radius 2 is 0.875 bits per heavy atom. The molecule has 0 amide bonds. The number of hydrogen-bond acceptors (Lipinski definition) is 4. The highest BCUT2D eigenvalue weighted by atomic mass is 16.6. The van der Waals surface area contributed by atoms with Crippen molar-refractivity contribution < 1.29 is 18.9 Å². The summed E-state index contributed by atoms with van der Waals surface area (Å²) >= 11 is 0. The molecule has 0 radical (unpaired) electrons. The van der Waals surface area contributed by atoms with Crippen molar-refractivity contribution in [3.63, 3.8) is 0 Å². The zero-order chi connectivity index (χ0) is 12.2. The van der Waals surface area contributed by atoms with Crippen LogP contribution in [-0.4, -0.2) is 51.8 Å². The topological polar surface area (TPSA) is 36.9 Å². The second kappa shape index (κ2) is 11.3. The molecule has 0 aromatic heterocycles. The quantitative estimate of drug-likeness (QED) is 0.511. The summed E-state index contributed by atoms with van der Waals surface area (Å²) in [5.74, 6) is 0. The molecule has 0 aliphatic heterocycles. The van der Waals surface area contributed by atoms with E-state index < -0.39 is 0 Å². The first-order chi connectivity index (χ1) is 7.63. The first-order valence-corrected chi connectivity index (χ1v) is 6.01. The van der Waals surface area contributed by atoms with E-state index in [1.54, 1.807) is 0 Å². The van der Waals surface area contributed by atoms with Gasteiger partial charge in [-0.1, -0.05) is 0 Å². The SMILES string of the molecule is CC(C)OCCOCCOCCOC(C)C. The molecule has 0 heterocycles. The average Bonchev–Trinajstić information content (AvgIpc) is 2.20. The summed E-state index contributed by atoms with van der Waals surface area (Å²) in [7, 11) is 0. The highest BCUT2D eigenvalue weighted by Crippen LogP contribution is 1.89. The first kappa shape index (κ1) is 15.8. The Morgan fingerprint density at radius 3 is 1.19 bits per heavy atom. The molecule has 0 N–H and O–H groups in total. The summed E-state index contributed by atoms with van der Waals surface area (Å²) in [5.41, 5.74) is 0. The summed E-state index contributed by atoms with van der Waals surface area (Å²) in [5, 5.41) is 0. The third-order valence-corrected chi connectivity index (χ3v) is 1.73. The van der Waals surface area contributed by atoms with Crippen molar-refractivity contribution >= 4 is 0 Å². The smallest absolute Gasteiger partial charge is 0.0703 e. The second-order valence-corrected chi connectivity index (χ2v) is 4.06. The van der Waals surface area contributed by atoms with Gasteiger partial charge in [0, 0.05) is 0 Å². The Labute approximate surface area is 99.2 Å². The molecule has 0 aromatic rings. The lowest BCUT2D eigenvalue weighted by molar-refractivity contribution is -0.0185. The summed E-state index contributed by atoms with van der Waals surface area (Å²) in [6, 6.07) is 0. The van der Waals surface area contributed by atoms with Gasteiger partial charge in [0.05, 0.1) is 51.8 Å². The fourth-order valence-electron chi connectivity index (χ4n) is 1.01. The molecular weight excluding hydrogens is 208 g/mol. The van der Waals surface area contributed by atoms with Gasteiger partial charge in [-0.25, -0.2) is 0 Å². The Balaban J connectivity index is 2.93. The van der Waals surface area contributed by atoms with Crippen LogP contribution in [0.1, 0.15) is 27.7 Å². The Bertz CT molecular complexity index is 121. The zero-order valence-electron chi connectivity index (χ0n) is 11.0. The van der Waals surface area contributed by atoms with E-state index in [9.17, 15) is 0 Å². The molecule has 0 fully saturated rings. The Kier molecular flexibility index (Phi) is 11.2. The van der Waals surface area contributed by atoms with Gasteiger partial charge in [0.15, 0.2) is 0 Å². The molecular formula is C12H26O4. The molecule has 4 heteroatoms. The highest BCUT2D eigenvalue weighted by Gasteiger charge is 1.95. The third kappa shape index (κ3) is 13.8. The monoisotopic (exact) mass is 234 g/mol. The fraction of sp³-hybridized carbons (Fsp3) is 1.00. The third-order valence-electron chi connectivity index (χ3n) is 1.73. The molecule has 0 aliphatic carbocycles. The molecule has 0 spiro atoms. The van der Waals surface area contributed by atoms with Crippen LogP contribution in [0.15, 0.2) is 0 Å². The van der Waals surface area contributed by atoms with Crippen molar-refractivity contribution in [2.45, 2.75) is 39.9 Å². The van der Waals surface area contributed by atoms with E-state index in [1.807, 2.05) is 27.7 Å². The van der Waals surface area contributed by atoms with Crippen molar-refractivity contribution in [1.82, 2.24) is 0 Å². The van der Waals surface area contributed by atoms with Crippen molar-refractivity contribution in [1.29, 1.82) is 0 Å². The van der Waals surface area contributed by atoms with Crippen LogP contribution >= 0.6 is 0 Å². The van der Waals surface area contributed by atoms with E-state index in [2.05, 4.69) is 0 Å². The lowest BCUT2D eigenvalue weighted by Crippen LogP contribution is -2.14. The summed E-state index contributed by atoms with van der Waals surface area (Å²) < 4.78 is 21.3. The maximum Gasteiger partial charge on any atom is 0.0703 e. The molecule has 0 saturated carbocycles. The van der Waals surface area contributed by atoms with Crippen LogP contribution in [-0.2, 0) is 18.9 Å². The van der Waals surface area contributed by atoms with E-state index in [0.29, 0.717) is 39.6 Å². The van der Waals surface area contributed by atoms with Crippen LogP contribution in [0.5, 0.6) is 0 Å². The number of ether oxygens (including phenoxy) is 4. The standard InChI is InChI=1S/C12H26O4/c1-11(2)15-9-7-13-5-6-14-8-10-16-12(3)4/h11-12H,5-10H2,1-4H3. The van der Waals surface area contributed by atoms with Gasteiger partial charge in [-0.2, -0.15) is 0 Å². The Morgan fingerprint density at radius 1 is 0.562 bits per heavy atom. The lowest BCUT2D eigenvalue weighted by Gasteiger charge is -2.09. The second-order valence-electron chi connectivity index (χ2n) is 4.06. The number of rotatable bonds is 11. The normalized spacial score (nSPS) is 11.6. The lowest BCUT2D eigenvalue weighted by atomic mass is 10.5. The van der Waals surface area contributed by atoms with Crippen LogP contribution in [0, 0.1) is 0 Å². The van der Waals surface area contributed by atoms with Gasteiger partial charge in [0.25, 0.3) is 0 Å². The van der Waals surface area contributed by atoms with Gasteiger partial charge < -0.3 is 18.9 Å². The van der Waals surface area contributed by atoms with Crippen molar-refractivity contribution in [3.05, 3.63) is 0 Å². The molecule has 0 atom stereocenters. The minimum atomic E-state index is 0.271. The zero-order valence-corrected chi connectivity index (χ0v) is 11.0. The van der Waals surface area contributed by atoms with Crippen molar-refractivity contribution in [2.75, 3.05) is 39.6 Å². The van der Waals surface area contributed by atoms with Crippen LogP contribution in [0.3, 0.4) is 0 Å². The summed E-state index contributed by atoms with van der Waals surface area (Å²) in [6.07, 6.45) is 0.543. The molecule has 0 aromatic carbocycles. The van der Waals surface area contributed by atoms with Gasteiger partial charge in [-0.15, -0.1) is 0 Å². The van der Waals surface area contributed by atoms with Crippen molar-refractivity contribution in [3.8, 4) is 0 Å². The van der Waals surface area contributed by atoms with E-state index in [-0.39, 0.29) is 12.2 Å². The molecule has 16 heavy (non-hydrogen) atoms. The van der Waals surface area contributed by atoms with Crippen molar-refractivity contribution in [2.24, 2.45) is 0 Å². The first-order valence-electron chi connectivity index (χ1n) is 6.01. The van der Waals surface area contributed by atoms with Gasteiger partial charge in [-0.05, 0) is 27.7 Å². The van der Waals surface area contributed by atoms with Gasteiger partial charge in [0.2, 0.25) is 0 Å². The predicted molar refractivity (Wildman–Crippen MR) is 63.8 cm³/mol. The minimum absolute atomic E-state index is 0.271. The predicted octanol–water partition coefficient (Wildman–Crippen LogP) is 1.87. The fourth-order valence-corrected chi connectivity index (χ4v) is 1.01. The largest absolute Gasteiger partial charge is 0.377 e. The van der Waals surface area contributed by atoms with Crippen LogP contribution in [0.25, 0.3) is 0 Å². The molecule has 0 aliphatic rings. The molecule has 0 saturated heterocycles. The van der Waals surface area contributed by atoms with Crippen LogP contribution in [0.2, 0.25) is 0 Å². The van der Waals surface area contributed by atoms with E-state index in [4.69, 9.17) is 18.9 Å². The molecule has 0 rings (SSSR count). The maximum absolute atomic E-state index is 5.33. The van der Waals surface area contributed by atoms with Crippen LogP contribution < -0.4 is 0 Å². The molecule has 4 nitrogen and oxygen atoms in total. The average molecular weight is 234 g/mol. The highest BCUT2D eigenvalue weighted by molar-refractivity contribution is 4.39. The Hall–Kier alpha value is -0.160. The van der Waals surface area contributed by atoms with E-state index >= 15 is 0 Å². The molecule has 0 unspecified atom stereocenters. The van der Waals surface area contributed by atoms with Gasteiger partial charge in [-0.3, -0.25) is 0 Å². The van der Waals surface area contributed by atoms with Crippen LogP contribution in [0.4, 0.5) is 0 Å². The van der Waals surface area contributed by atoms with Gasteiger partial charge >= 0.3 is 0 Å². The van der Waals surface area contributed by atoms with Gasteiger partial charge in [0.1, 0.15) is 0 Å². The minimum Gasteiger partial charge on any atom is -0.377 e. The molecule has 0 bridgehead atoms. The van der Waals surface area contributed by atoms with E-state index in [1.165, 1.54) is 0 Å². The summed E-state index contributed by atoms with van der Waals surface area (Å²) in [6.45, 7) is 11.8. The number of hydrogen-bond donors (Lipinski definition) is 0. The summed E-state index contributed by atoms with van der Waals surface area (Å²) in [4.78, 5) is 0. The van der Waals surface area contributed by atoms with E-state index in [0.717, 1.165) is 0 Å². The maximum atomic E-state index is 5.33.